The zero-order chi connectivity index (χ0) is 20.7. The zero-order valence-corrected chi connectivity index (χ0v) is 15.8. The Balaban J connectivity index is 1.98. The summed E-state index contributed by atoms with van der Waals surface area (Å²) in [5.41, 5.74) is 9.34. The van der Waals surface area contributed by atoms with Gasteiger partial charge in [0.25, 0.3) is 0 Å². The predicted octanol–water partition coefficient (Wildman–Crippen LogP) is 0.762. The Kier molecular flexibility index (Phi) is 6.64. The minimum atomic E-state index is -0.607. The number of amidine groups is 1. The van der Waals surface area contributed by atoms with Crippen molar-refractivity contribution in [2.75, 3.05) is 6.54 Å². The van der Waals surface area contributed by atoms with Gasteiger partial charge in [-0.15, -0.1) is 0 Å². The van der Waals surface area contributed by atoms with Crippen LogP contribution in [0.15, 0.2) is 29.4 Å². The van der Waals surface area contributed by atoms with Crippen molar-refractivity contribution in [3.63, 3.8) is 0 Å². The number of oxime groups is 1. The molecule has 0 radical (unpaired) electrons. The Morgan fingerprint density at radius 1 is 1.44 bits per heavy atom. The van der Waals surface area contributed by atoms with Gasteiger partial charge in [0.15, 0.2) is 5.84 Å². The molecule has 0 saturated carbocycles. The average molecular weight is 377 g/mol. The van der Waals surface area contributed by atoms with Crippen LogP contribution in [0.1, 0.15) is 44.2 Å². The van der Waals surface area contributed by atoms with Crippen LogP contribution in [0.25, 0.3) is 0 Å². The zero-order valence-electron chi connectivity index (χ0n) is 16.8. The smallest absolute Gasteiger partial charge is 0.243 e. The van der Waals surface area contributed by atoms with E-state index in [4.69, 9.17) is 12.4 Å². The third-order valence-electron chi connectivity index (χ3n) is 5.14. The average Bonchev–Trinajstić information content (AvgIpc) is 3.22. The quantitative estimate of drug-likeness (QED) is 0.230. The van der Waals surface area contributed by atoms with E-state index in [9.17, 15) is 9.59 Å². The highest BCUT2D eigenvalue weighted by atomic mass is 16.4. The number of carbonyl (C=O) groups is 2. The molecule has 148 valence electrons. The number of nitrogens with zero attached hydrogens (tertiary/aromatic N) is 2. The van der Waals surface area contributed by atoms with Crippen molar-refractivity contribution in [3.8, 4) is 0 Å². The number of likely N-dealkylation sites (tertiary alicyclic amines) is 1. The molecule has 3 atom stereocenters. The molecule has 2 amide bonds. The number of benzene rings is 1. The second kappa shape index (κ2) is 9.36. The van der Waals surface area contributed by atoms with Gasteiger partial charge >= 0.3 is 0 Å². The highest BCUT2D eigenvalue weighted by Gasteiger charge is 2.37. The van der Waals surface area contributed by atoms with Crippen LogP contribution in [0.2, 0.25) is 1.41 Å². The summed E-state index contributed by atoms with van der Waals surface area (Å²) in [4.78, 5) is 27.1. The van der Waals surface area contributed by atoms with Gasteiger partial charge in [0.1, 0.15) is 7.45 Å². The van der Waals surface area contributed by atoms with Crippen LogP contribution in [-0.2, 0) is 16.1 Å². The fourth-order valence-corrected chi connectivity index (χ4v) is 3.12. The summed E-state index contributed by atoms with van der Waals surface area (Å²) in [5.74, 6) is -0.346. The molecule has 1 aliphatic rings. The number of hydrogen-bond donors (Lipinski definition) is 4. The minimum Gasteiger partial charge on any atom is -0.409 e. The van der Waals surface area contributed by atoms with Gasteiger partial charge < -0.3 is 26.9 Å². The monoisotopic (exact) mass is 377 g/mol. The van der Waals surface area contributed by atoms with Crippen LogP contribution in [-0.4, -0.2) is 46.4 Å². The number of nitrogens with one attached hydrogen (secondary N) is 1. The van der Waals surface area contributed by atoms with E-state index in [2.05, 4.69) is 16.2 Å². The van der Waals surface area contributed by atoms with Gasteiger partial charge in [0.05, 0.1) is 6.04 Å². The fourth-order valence-electron chi connectivity index (χ4n) is 3.12. The van der Waals surface area contributed by atoms with E-state index in [1.165, 1.54) is 0 Å². The molecule has 1 saturated heterocycles. The summed E-state index contributed by atoms with van der Waals surface area (Å²) < 4.78 is 7.48. The Morgan fingerprint density at radius 3 is 2.74 bits per heavy atom. The van der Waals surface area contributed by atoms with Crippen LogP contribution in [0.4, 0.5) is 0 Å². The summed E-state index contributed by atoms with van der Waals surface area (Å²) in [6.45, 7) is 4.74. The number of amides is 2. The second-order valence-corrected chi connectivity index (χ2v) is 6.95. The first-order valence-corrected chi connectivity index (χ1v) is 9.25. The van der Waals surface area contributed by atoms with E-state index in [-0.39, 0.29) is 23.6 Å². The SMILES string of the molecule is [3H]NC(C(=O)N1CCC[C@H]1C(=O)NCc1ccc(/C(N)=N/O)cc1)C(C)CC. The van der Waals surface area contributed by atoms with Gasteiger partial charge in [-0.3, -0.25) is 9.59 Å². The molecule has 1 aromatic carbocycles. The number of rotatable bonds is 8. The highest BCUT2D eigenvalue weighted by molar-refractivity contribution is 5.97. The van der Waals surface area contributed by atoms with Crippen LogP contribution in [0, 0.1) is 5.92 Å². The van der Waals surface area contributed by atoms with Crippen LogP contribution in [0.3, 0.4) is 0 Å². The van der Waals surface area contributed by atoms with Gasteiger partial charge in [0.2, 0.25) is 11.8 Å². The van der Waals surface area contributed by atoms with Crippen LogP contribution >= 0.6 is 0 Å². The lowest BCUT2D eigenvalue weighted by Crippen LogP contribution is -2.52. The van der Waals surface area contributed by atoms with Crippen LogP contribution in [0.5, 0.6) is 0 Å². The molecule has 1 heterocycles. The molecule has 0 spiro atoms. The third kappa shape index (κ3) is 4.97. The summed E-state index contributed by atoms with van der Waals surface area (Å²) in [7, 11) is 0. The first-order chi connectivity index (χ1) is 13.4. The molecule has 6 N–H and O–H groups in total. The number of carbonyl (C=O) groups excluding carboxylic acids is 2. The van der Waals surface area contributed by atoms with Crippen molar-refractivity contribution in [1.82, 2.24) is 10.2 Å². The van der Waals surface area contributed by atoms with Gasteiger partial charge in [-0.1, -0.05) is 49.7 Å². The molecule has 1 fully saturated rings. The Bertz CT molecular complexity index is 710. The molecule has 2 rings (SSSR count). The van der Waals surface area contributed by atoms with Gasteiger partial charge in [-0.25, -0.2) is 0 Å². The van der Waals surface area contributed by atoms with Crippen molar-refractivity contribution in [2.24, 2.45) is 22.5 Å². The van der Waals surface area contributed by atoms with Crippen molar-refractivity contribution in [3.05, 3.63) is 35.4 Å². The standard InChI is InChI=1S/C19H29N5O3/c1-3-12(2)16(20)19(26)24-10-4-5-15(24)18(25)22-11-13-6-8-14(9-7-13)17(21)23-27/h6-9,12,15-16,27H,3-5,10-11,20H2,1-2H3,(H2,21,23)(H,22,25)/t12?,15-,16?/m0/s1/i/hT. The molecule has 0 aliphatic carbocycles. The minimum absolute atomic E-state index is 0.0164. The maximum atomic E-state index is 12.8. The van der Waals surface area contributed by atoms with Crippen molar-refractivity contribution in [1.29, 1.82) is 0 Å². The van der Waals surface area contributed by atoms with E-state index >= 15 is 0 Å². The fraction of sp³-hybridized carbons (Fsp3) is 0.526. The molecular formula is C19H29N5O3. The van der Waals surface area contributed by atoms with Crippen LogP contribution < -0.4 is 16.8 Å². The van der Waals surface area contributed by atoms with Crippen molar-refractivity contribution in [2.45, 2.75) is 51.7 Å². The topological polar surface area (TPSA) is 134 Å². The lowest BCUT2D eigenvalue weighted by molar-refractivity contribution is -0.140. The van der Waals surface area contributed by atoms with E-state index in [0.29, 0.717) is 25.1 Å². The van der Waals surface area contributed by atoms with E-state index in [1.807, 2.05) is 13.8 Å². The Labute approximate surface area is 161 Å². The summed E-state index contributed by atoms with van der Waals surface area (Å²) in [5, 5.41) is 14.5. The second-order valence-electron chi connectivity index (χ2n) is 6.95. The van der Waals surface area contributed by atoms with Crippen molar-refractivity contribution < 1.29 is 16.2 Å². The molecule has 8 heteroatoms. The molecule has 1 aliphatic heterocycles. The molecule has 0 bridgehead atoms. The summed E-state index contributed by atoms with van der Waals surface area (Å²) in [6.07, 6.45) is 2.16. The lowest BCUT2D eigenvalue weighted by Gasteiger charge is -2.28. The predicted molar refractivity (Wildman–Crippen MR) is 103 cm³/mol. The third-order valence-corrected chi connectivity index (χ3v) is 5.14. The largest absolute Gasteiger partial charge is 0.409 e. The maximum absolute atomic E-state index is 12.8. The highest BCUT2D eigenvalue weighted by Crippen LogP contribution is 2.20. The molecule has 27 heavy (non-hydrogen) atoms. The Morgan fingerprint density at radius 2 is 2.15 bits per heavy atom. The molecule has 2 unspecified atom stereocenters. The Hall–Kier alpha value is -2.61. The summed E-state index contributed by atoms with van der Waals surface area (Å²) >= 11 is 0. The van der Waals surface area contributed by atoms with Crippen molar-refractivity contribution >= 4 is 17.6 Å². The van der Waals surface area contributed by atoms with Gasteiger partial charge in [-0.05, 0) is 24.3 Å². The first-order valence-electron chi connectivity index (χ1n) is 9.75. The van der Waals surface area contributed by atoms with E-state index in [1.54, 1.807) is 29.2 Å². The molecule has 8 nitrogen and oxygen atoms in total. The lowest BCUT2D eigenvalue weighted by atomic mass is 9.98. The van der Waals surface area contributed by atoms with Gasteiger partial charge in [0, 0.05) is 18.7 Å². The number of nitrogens with two attached hydrogens (primary N) is 2. The van der Waals surface area contributed by atoms with E-state index < -0.39 is 12.1 Å². The molecule has 1 aromatic rings. The first kappa shape index (κ1) is 19.2. The summed E-state index contributed by atoms with van der Waals surface area (Å²) in [6, 6.07) is 5.87. The van der Waals surface area contributed by atoms with Gasteiger partial charge in [-0.2, -0.15) is 0 Å². The normalized spacial score (nSPS) is 20.1. The molecule has 0 aromatic heterocycles. The number of hydrogen-bond acceptors (Lipinski definition) is 5. The van der Waals surface area contributed by atoms with E-state index in [0.717, 1.165) is 18.4 Å². The maximum Gasteiger partial charge on any atom is 0.243 e. The molecular weight excluding hydrogens is 346 g/mol.